The third-order valence-corrected chi connectivity index (χ3v) is 4.37. The van der Waals surface area contributed by atoms with Crippen LogP contribution in [0.2, 0.25) is 0 Å². The minimum absolute atomic E-state index is 0.0262. The van der Waals surface area contributed by atoms with E-state index in [2.05, 4.69) is 34.6 Å². The average molecular weight is 254 g/mol. The van der Waals surface area contributed by atoms with Crippen LogP contribution >= 0.6 is 0 Å². The molecule has 1 aliphatic rings. The second kappa shape index (κ2) is 6.58. The Morgan fingerprint density at radius 2 is 1.83 bits per heavy atom. The molecular weight excluding hydrogens is 224 g/mol. The lowest BCUT2D eigenvalue weighted by molar-refractivity contribution is -0.163. The third kappa shape index (κ3) is 4.29. The zero-order valence-electron chi connectivity index (χ0n) is 12.8. The van der Waals surface area contributed by atoms with E-state index in [1.54, 1.807) is 0 Å². The zero-order valence-corrected chi connectivity index (χ0v) is 12.8. The Morgan fingerprint density at radius 3 is 2.28 bits per heavy atom. The number of hydrogen-bond donors (Lipinski definition) is 0. The van der Waals surface area contributed by atoms with E-state index in [1.807, 2.05) is 0 Å². The fourth-order valence-corrected chi connectivity index (χ4v) is 2.91. The lowest BCUT2D eigenvalue weighted by Crippen LogP contribution is -2.35. The van der Waals surface area contributed by atoms with E-state index in [-0.39, 0.29) is 17.5 Å². The highest BCUT2D eigenvalue weighted by molar-refractivity contribution is 5.76. The number of rotatable bonds is 5. The molecule has 0 saturated heterocycles. The van der Waals surface area contributed by atoms with Gasteiger partial charge in [0.05, 0.1) is 5.41 Å². The van der Waals surface area contributed by atoms with Gasteiger partial charge >= 0.3 is 5.97 Å². The van der Waals surface area contributed by atoms with E-state index in [4.69, 9.17) is 4.74 Å². The number of carbonyl (C=O) groups excluding carboxylic acids is 1. The standard InChI is InChI=1S/C16H30O2/c1-6-16(5,11-12(2)3)15(17)18-14-9-7-13(4)8-10-14/h12-14H,6-11H2,1-5H3. The highest BCUT2D eigenvalue weighted by Gasteiger charge is 2.35. The topological polar surface area (TPSA) is 26.3 Å². The SMILES string of the molecule is CCC(C)(CC(C)C)C(=O)OC1CCC(C)CC1. The van der Waals surface area contributed by atoms with Crippen molar-refractivity contribution in [2.24, 2.45) is 17.3 Å². The summed E-state index contributed by atoms with van der Waals surface area (Å²) in [7, 11) is 0. The van der Waals surface area contributed by atoms with Gasteiger partial charge in [-0.3, -0.25) is 4.79 Å². The van der Waals surface area contributed by atoms with Crippen molar-refractivity contribution in [2.45, 2.75) is 79.2 Å². The van der Waals surface area contributed by atoms with Gasteiger partial charge in [0.25, 0.3) is 0 Å². The van der Waals surface area contributed by atoms with Gasteiger partial charge in [0.15, 0.2) is 0 Å². The molecule has 0 heterocycles. The van der Waals surface area contributed by atoms with Crippen LogP contribution in [0.3, 0.4) is 0 Å². The number of carbonyl (C=O) groups is 1. The minimum Gasteiger partial charge on any atom is -0.462 e. The molecule has 2 heteroatoms. The Balaban J connectivity index is 2.52. The van der Waals surface area contributed by atoms with Crippen molar-refractivity contribution in [3.63, 3.8) is 0 Å². The van der Waals surface area contributed by atoms with Crippen molar-refractivity contribution >= 4 is 5.97 Å². The molecule has 0 spiro atoms. The monoisotopic (exact) mass is 254 g/mol. The molecule has 1 unspecified atom stereocenters. The molecule has 2 nitrogen and oxygen atoms in total. The van der Waals surface area contributed by atoms with Gasteiger partial charge in [-0.1, -0.05) is 27.7 Å². The van der Waals surface area contributed by atoms with Gasteiger partial charge in [-0.2, -0.15) is 0 Å². The third-order valence-electron chi connectivity index (χ3n) is 4.37. The molecule has 18 heavy (non-hydrogen) atoms. The second-order valence-corrected chi connectivity index (χ2v) is 6.80. The quantitative estimate of drug-likeness (QED) is 0.672. The molecule has 1 rings (SSSR count). The van der Waals surface area contributed by atoms with Crippen LogP contribution in [-0.2, 0) is 9.53 Å². The van der Waals surface area contributed by atoms with Crippen LogP contribution in [0.15, 0.2) is 0 Å². The van der Waals surface area contributed by atoms with Crippen molar-refractivity contribution < 1.29 is 9.53 Å². The van der Waals surface area contributed by atoms with E-state index in [9.17, 15) is 4.79 Å². The maximum absolute atomic E-state index is 12.4. The van der Waals surface area contributed by atoms with E-state index < -0.39 is 0 Å². The molecule has 0 aliphatic heterocycles. The summed E-state index contributed by atoms with van der Waals surface area (Å²) in [5.74, 6) is 1.36. The summed E-state index contributed by atoms with van der Waals surface area (Å²) >= 11 is 0. The number of hydrogen-bond acceptors (Lipinski definition) is 2. The Kier molecular flexibility index (Phi) is 5.68. The average Bonchev–Trinajstić information content (AvgIpc) is 2.31. The summed E-state index contributed by atoms with van der Waals surface area (Å²) in [5.41, 5.74) is -0.294. The molecule has 0 N–H and O–H groups in total. The van der Waals surface area contributed by atoms with Crippen LogP contribution < -0.4 is 0 Å². The van der Waals surface area contributed by atoms with Crippen LogP contribution in [0.25, 0.3) is 0 Å². The Hall–Kier alpha value is -0.530. The number of esters is 1. The minimum atomic E-state index is -0.294. The Bertz CT molecular complexity index is 264. The molecule has 1 saturated carbocycles. The molecular formula is C16H30O2. The summed E-state index contributed by atoms with van der Waals surface area (Å²) in [5, 5.41) is 0. The Morgan fingerprint density at radius 1 is 1.28 bits per heavy atom. The smallest absolute Gasteiger partial charge is 0.312 e. The van der Waals surface area contributed by atoms with Gasteiger partial charge in [-0.25, -0.2) is 0 Å². The largest absolute Gasteiger partial charge is 0.462 e. The summed E-state index contributed by atoms with van der Waals surface area (Å²) in [4.78, 5) is 12.4. The normalized spacial score (nSPS) is 27.9. The summed E-state index contributed by atoms with van der Waals surface area (Å²) < 4.78 is 5.76. The second-order valence-electron chi connectivity index (χ2n) is 6.80. The van der Waals surface area contributed by atoms with E-state index in [0.29, 0.717) is 5.92 Å². The van der Waals surface area contributed by atoms with Gasteiger partial charge in [0.2, 0.25) is 0 Å². The van der Waals surface area contributed by atoms with E-state index in [0.717, 1.165) is 31.6 Å². The zero-order chi connectivity index (χ0) is 13.8. The van der Waals surface area contributed by atoms with Crippen LogP contribution in [0, 0.1) is 17.3 Å². The molecule has 1 atom stereocenters. The fraction of sp³-hybridized carbons (Fsp3) is 0.938. The van der Waals surface area contributed by atoms with Gasteiger partial charge in [0, 0.05) is 0 Å². The predicted octanol–water partition coefficient (Wildman–Crippen LogP) is 4.57. The van der Waals surface area contributed by atoms with Gasteiger partial charge in [-0.15, -0.1) is 0 Å². The van der Waals surface area contributed by atoms with Crippen molar-refractivity contribution in [1.82, 2.24) is 0 Å². The molecule has 0 aromatic rings. The van der Waals surface area contributed by atoms with Crippen molar-refractivity contribution in [1.29, 1.82) is 0 Å². The highest BCUT2D eigenvalue weighted by atomic mass is 16.5. The highest BCUT2D eigenvalue weighted by Crippen LogP contribution is 2.33. The maximum atomic E-state index is 12.4. The first-order valence-corrected chi connectivity index (χ1v) is 7.58. The predicted molar refractivity (Wildman–Crippen MR) is 75.4 cm³/mol. The molecule has 1 aliphatic carbocycles. The lowest BCUT2D eigenvalue weighted by Gasteiger charge is -2.32. The summed E-state index contributed by atoms with van der Waals surface area (Å²) in [6.07, 6.45) is 6.46. The molecule has 0 aromatic carbocycles. The van der Waals surface area contributed by atoms with E-state index >= 15 is 0 Å². The van der Waals surface area contributed by atoms with Crippen LogP contribution in [0.1, 0.15) is 73.1 Å². The molecule has 1 fully saturated rings. The summed E-state index contributed by atoms with van der Waals surface area (Å²) in [6, 6.07) is 0. The van der Waals surface area contributed by atoms with Crippen LogP contribution in [0.5, 0.6) is 0 Å². The number of ether oxygens (including phenoxy) is 1. The van der Waals surface area contributed by atoms with E-state index in [1.165, 1.54) is 12.8 Å². The maximum Gasteiger partial charge on any atom is 0.312 e. The first-order valence-electron chi connectivity index (χ1n) is 7.58. The van der Waals surface area contributed by atoms with Gasteiger partial charge in [-0.05, 0) is 57.3 Å². The lowest BCUT2D eigenvalue weighted by atomic mass is 9.79. The Labute approximate surface area is 112 Å². The fourth-order valence-electron chi connectivity index (χ4n) is 2.91. The molecule has 0 aromatic heterocycles. The van der Waals surface area contributed by atoms with Crippen LogP contribution in [0.4, 0.5) is 0 Å². The van der Waals surface area contributed by atoms with Crippen molar-refractivity contribution in [3.8, 4) is 0 Å². The molecule has 0 radical (unpaired) electrons. The first-order chi connectivity index (χ1) is 8.37. The first kappa shape index (κ1) is 15.5. The van der Waals surface area contributed by atoms with Crippen LogP contribution in [-0.4, -0.2) is 12.1 Å². The van der Waals surface area contributed by atoms with Gasteiger partial charge < -0.3 is 4.74 Å². The van der Waals surface area contributed by atoms with Crippen molar-refractivity contribution in [3.05, 3.63) is 0 Å². The molecule has 106 valence electrons. The summed E-state index contributed by atoms with van der Waals surface area (Å²) in [6.45, 7) is 10.8. The van der Waals surface area contributed by atoms with Gasteiger partial charge in [0.1, 0.15) is 6.10 Å². The molecule has 0 bridgehead atoms. The van der Waals surface area contributed by atoms with Crippen molar-refractivity contribution in [2.75, 3.05) is 0 Å². The molecule has 0 amide bonds.